The molecule has 0 saturated carbocycles. The van der Waals surface area contributed by atoms with Crippen molar-refractivity contribution in [1.82, 2.24) is 20.1 Å². The second kappa shape index (κ2) is 9.13. The number of amides is 2. The largest absolute Gasteiger partial charge is 0.459 e. The van der Waals surface area contributed by atoms with Gasteiger partial charge < -0.3 is 19.6 Å². The summed E-state index contributed by atoms with van der Waals surface area (Å²) >= 11 is 13.1. The van der Waals surface area contributed by atoms with Crippen molar-refractivity contribution >= 4 is 52.5 Å². The first-order chi connectivity index (χ1) is 13.4. The van der Waals surface area contributed by atoms with Gasteiger partial charge in [-0.15, -0.1) is 10.2 Å². The highest BCUT2D eigenvalue weighted by Gasteiger charge is 2.14. The Labute approximate surface area is 174 Å². The fraction of sp³-hybridized carbons (Fsp3) is 0.176. The molecule has 0 atom stereocenters. The molecule has 3 rings (SSSR count). The lowest BCUT2D eigenvalue weighted by atomic mass is 10.3. The van der Waals surface area contributed by atoms with E-state index in [1.807, 2.05) is 0 Å². The minimum atomic E-state index is -0.346. The van der Waals surface area contributed by atoms with Crippen LogP contribution in [0.3, 0.4) is 0 Å². The highest BCUT2D eigenvalue weighted by molar-refractivity contribution is 7.99. The van der Waals surface area contributed by atoms with Crippen LogP contribution in [0.25, 0.3) is 0 Å². The average Bonchev–Trinajstić information content (AvgIpc) is 3.31. The third-order valence-corrected chi connectivity index (χ3v) is 5.18. The summed E-state index contributed by atoms with van der Waals surface area (Å²) in [6, 6.07) is 8.03. The third kappa shape index (κ3) is 5.06. The Hall–Kier alpha value is -2.49. The molecule has 146 valence electrons. The van der Waals surface area contributed by atoms with Gasteiger partial charge in [0, 0.05) is 12.1 Å². The van der Waals surface area contributed by atoms with Gasteiger partial charge in [0.05, 0.1) is 29.3 Å². The number of nitrogens with zero attached hydrogens (tertiary/aromatic N) is 3. The summed E-state index contributed by atoms with van der Waals surface area (Å²) < 4.78 is 6.73. The molecular weight excluding hydrogens is 425 g/mol. The van der Waals surface area contributed by atoms with Crippen LogP contribution in [0.5, 0.6) is 0 Å². The van der Waals surface area contributed by atoms with Crippen LogP contribution in [0.4, 0.5) is 5.69 Å². The van der Waals surface area contributed by atoms with Crippen molar-refractivity contribution in [2.24, 2.45) is 7.05 Å². The van der Waals surface area contributed by atoms with Gasteiger partial charge in [-0.05, 0) is 30.3 Å². The van der Waals surface area contributed by atoms with Crippen molar-refractivity contribution in [3.8, 4) is 0 Å². The highest BCUT2D eigenvalue weighted by Crippen LogP contribution is 2.25. The lowest BCUT2D eigenvalue weighted by molar-refractivity contribution is -0.113. The number of hydrogen-bond donors (Lipinski definition) is 2. The first-order valence-corrected chi connectivity index (χ1v) is 9.76. The summed E-state index contributed by atoms with van der Waals surface area (Å²) in [6.07, 6.45) is 1.42. The van der Waals surface area contributed by atoms with E-state index in [2.05, 4.69) is 20.8 Å². The topological polar surface area (TPSA) is 102 Å². The van der Waals surface area contributed by atoms with Gasteiger partial charge in [0.25, 0.3) is 5.91 Å². The monoisotopic (exact) mass is 439 g/mol. The van der Waals surface area contributed by atoms with Crippen molar-refractivity contribution < 1.29 is 14.0 Å². The molecule has 2 aromatic heterocycles. The second-order valence-electron chi connectivity index (χ2n) is 5.58. The molecule has 0 aliphatic rings. The number of thioether (sulfide) groups is 1. The number of carbonyl (C=O) groups is 2. The summed E-state index contributed by atoms with van der Waals surface area (Å²) in [6.45, 7) is 0.177. The molecule has 0 unspecified atom stereocenters. The number of hydrogen-bond acceptors (Lipinski definition) is 6. The molecule has 2 N–H and O–H groups in total. The van der Waals surface area contributed by atoms with Crippen molar-refractivity contribution in [2.45, 2.75) is 11.7 Å². The third-order valence-electron chi connectivity index (χ3n) is 3.61. The summed E-state index contributed by atoms with van der Waals surface area (Å²) in [5.74, 6) is 0.285. The summed E-state index contributed by atoms with van der Waals surface area (Å²) in [5.41, 5.74) is 0.482. The molecule has 2 heterocycles. The van der Waals surface area contributed by atoms with Gasteiger partial charge in [-0.25, -0.2) is 0 Å². The van der Waals surface area contributed by atoms with Crippen molar-refractivity contribution in [2.75, 3.05) is 11.1 Å². The molecule has 0 saturated heterocycles. The molecule has 0 fully saturated rings. The van der Waals surface area contributed by atoms with E-state index in [4.69, 9.17) is 27.6 Å². The van der Waals surface area contributed by atoms with Crippen LogP contribution in [-0.2, 0) is 18.4 Å². The number of rotatable bonds is 7. The Balaban J connectivity index is 1.52. The minimum absolute atomic E-state index is 0.115. The van der Waals surface area contributed by atoms with E-state index in [1.165, 1.54) is 18.0 Å². The van der Waals surface area contributed by atoms with Crippen LogP contribution in [0, 0.1) is 0 Å². The predicted molar refractivity (Wildman–Crippen MR) is 107 cm³/mol. The van der Waals surface area contributed by atoms with E-state index < -0.39 is 0 Å². The molecule has 0 bridgehead atoms. The van der Waals surface area contributed by atoms with Gasteiger partial charge in [0.15, 0.2) is 16.7 Å². The Morgan fingerprint density at radius 1 is 1.25 bits per heavy atom. The Bertz CT molecular complexity index is 991. The first kappa shape index (κ1) is 20.2. The van der Waals surface area contributed by atoms with Crippen LogP contribution >= 0.6 is 35.0 Å². The Morgan fingerprint density at radius 3 is 2.79 bits per heavy atom. The van der Waals surface area contributed by atoms with Gasteiger partial charge >= 0.3 is 0 Å². The molecule has 8 nitrogen and oxygen atoms in total. The first-order valence-electron chi connectivity index (χ1n) is 8.01. The maximum Gasteiger partial charge on any atom is 0.287 e. The molecule has 0 radical (unpaired) electrons. The molecule has 0 aliphatic heterocycles. The molecule has 0 aliphatic carbocycles. The van der Waals surface area contributed by atoms with E-state index in [-0.39, 0.29) is 29.9 Å². The maximum atomic E-state index is 12.1. The lowest BCUT2D eigenvalue weighted by Gasteiger charge is -2.07. The van der Waals surface area contributed by atoms with Gasteiger partial charge in [-0.2, -0.15) is 0 Å². The van der Waals surface area contributed by atoms with Crippen molar-refractivity contribution in [1.29, 1.82) is 0 Å². The van der Waals surface area contributed by atoms with Crippen LogP contribution in [0.2, 0.25) is 10.0 Å². The van der Waals surface area contributed by atoms with Gasteiger partial charge in [0.2, 0.25) is 5.91 Å². The number of nitrogens with one attached hydrogen (secondary N) is 2. The van der Waals surface area contributed by atoms with E-state index in [0.717, 1.165) is 0 Å². The molecule has 0 spiro atoms. The summed E-state index contributed by atoms with van der Waals surface area (Å²) in [7, 11) is 1.75. The number of aromatic nitrogens is 3. The number of anilines is 1. The zero-order valence-corrected chi connectivity index (χ0v) is 16.9. The number of carbonyl (C=O) groups excluding carboxylic acids is 2. The fourth-order valence-electron chi connectivity index (χ4n) is 2.19. The number of benzene rings is 1. The Kier molecular flexibility index (Phi) is 6.61. The average molecular weight is 440 g/mol. The van der Waals surface area contributed by atoms with Crippen LogP contribution in [0.15, 0.2) is 46.2 Å². The smallest absolute Gasteiger partial charge is 0.287 e. The molecular formula is C17H15Cl2N5O3S. The SMILES string of the molecule is Cn1c(CNC(=O)c2ccco2)nnc1SCC(=O)Nc1ccc(Cl)cc1Cl. The lowest BCUT2D eigenvalue weighted by Crippen LogP contribution is -2.24. The maximum absolute atomic E-state index is 12.1. The summed E-state index contributed by atoms with van der Waals surface area (Å²) in [4.78, 5) is 24.0. The molecule has 2 amide bonds. The van der Waals surface area contributed by atoms with Gasteiger partial charge in [-0.1, -0.05) is 35.0 Å². The molecule has 3 aromatic rings. The van der Waals surface area contributed by atoms with Crippen molar-refractivity contribution in [3.63, 3.8) is 0 Å². The zero-order valence-electron chi connectivity index (χ0n) is 14.6. The van der Waals surface area contributed by atoms with Crippen LogP contribution < -0.4 is 10.6 Å². The van der Waals surface area contributed by atoms with Gasteiger partial charge in [0.1, 0.15) is 0 Å². The molecule has 1 aromatic carbocycles. The van der Waals surface area contributed by atoms with E-state index in [1.54, 1.807) is 41.9 Å². The number of halogens is 2. The normalized spacial score (nSPS) is 10.7. The van der Waals surface area contributed by atoms with E-state index >= 15 is 0 Å². The molecule has 11 heteroatoms. The second-order valence-corrected chi connectivity index (χ2v) is 7.36. The predicted octanol–water partition coefficient (Wildman–Crippen LogP) is 3.38. The zero-order chi connectivity index (χ0) is 20.1. The van der Waals surface area contributed by atoms with Crippen molar-refractivity contribution in [3.05, 3.63) is 58.2 Å². The van der Waals surface area contributed by atoms with E-state index in [9.17, 15) is 9.59 Å². The van der Waals surface area contributed by atoms with Crippen LogP contribution in [0.1, 0.15) is 16.4 Å². The molecule has 28 heavy (non-hydrogen) atoms. The fourth-order valence-corrected chi connectivity index (χ4v) is 3.37. The Morgan fingerprint density at radius 2 is 2.07 bits per heavy atom. The summed E-state index contributed by atoms with van der Waals surface area (Å²) in [5, 5.41) is 14.9. The van der Waals surface area contributed by atoms with E-state index in [0.29, 0.717) is 26.7 Å². The highest BCUT2D eigenvalue weighted by atomic mass is 35.5. The minimum Gasteiger partial charge on any atom is -0.459 e. The standard InChI is InChI=1S/C17H15Cl2N5O3S/c1-24-14(8-20-16(26)13-3-2-6-27-13)22-23-17(24)28-9-15(25)21-12-5-4-10(18)7-11(12)19/h2-7H,8-9H2,1H3,(H,20,26)(H,21,25). The van der Waals surface area contributed by atoms with Crippen LogP contribution in [-0.4, -0.2) is 32.3 Å². The van der Waals surface area contributed by atoms with Gasteiger partial charge in [-0.3, -0.25) is 9.59 Å². The number of furan rings is 1. The quantitative estimate of drug-likeness (QED) is 0.547.